The van der Waals surface area contributed by atoms with Crippen molar-refractivity contribution in [3.63, 3.8) is 0 Å². The van der Waals surface area contributed by atoms with Crippen molar-refractivity contribution in [3.05, 3.63) is 82.0 Å². The van der Waals surface area contributed by atoms with Gasteiger partial charge in [0.2, 0.25) is 0 Å². The zero-order chi connectivity index (χ0) is 31.6. The lowest BCUT2D eigenvalue weighted by molar-refractivity contribution is 0.0515. The number of nitriles is 1. The van der Waals surface area contributed by atoms with Crippen LogP contribution in [0.2, 0.25) is 0 Å². The lowest BCUT2D eigenvalue weighted by atomic mass is 9.95. The first-order valence-corrected chi connectivity index (χ1v) is 14.2. The van der Waals surface area contributed by atoms with Crippen LogP contribution in [0.4, 0.5) is 16.3 Å². The molecular weight excluding hydrogens is 584 g/mol. The molecule has 0 bridgehead atoms. The first-order valence-electron chi connectivity index (χ1n) is 13.3. The molecule has 0 aliphatic rings. The Kier molecular flexibility index (Phi) is 10.5. The molecule has 4 N–H and O–H groups in total. The number of aromatic nitrogens is 1. The van der Waals surface area contributed by atoms with Crippen molar-refractivity contribution in [2.24, 2.45) is 0 Å². The molecule has 2 heterocycles. The summed E-state index contributed by atoms with van der Waals surface area (Å²) in [7, 11) is 5.09. The van der Waals surface area contributed by atoms with Gasteiger partial charge >= 0.3 is 6.09 Å². The third kappa shape index (κ3) is 7.49. The standard InChI is InChI=1S/C31H30N6O6S/c1-37(2)25-11-10-19(15-22(25)29(38)33-12-13-34-31(40)41)21-16-24(20-7-4-5-8-26(20)43-18-42-3)35-28(23(21)17-32)36-30(39)27-9-6-14-44-27/h4-11,14-16,34H,12-13,18H2,1-3H3,(H,33,38)(H,40,41)(H,35,36,39). The Morgan fingerprint density at radius 1 is 1.00 bits per heavy atom. The van der Waals surface area contributed by atoms with Crippen molar-refractivity contribution >= 4 is 40.7 Å². The van der Waals surface area contributed by atoms with E-state index in [9.17, 15) is 19.6 Å². The molecule has 4 aromatic rings. The number of ether oxygens (including phenoxy) is 2. The third-order valence-corrected chi connectivity index (χ3v) is 7.19. The Bertz CT molecular complexity index is 1700. The number of hydrogen-bond donors (Lipinski definition) is 4. The van der Waals surface area contributed by atoms with Gasteiger partial charge in [0.1, 0.15) is 17.4 Å². The molecule has 0 saturated heterocycles. The van der Waals surface area contributed by atoms with E-state index in [0.29, 0.717) is 44.3 Å². The van der Waals surface area contributed by atoms with Crippen LogP contribution in [0.15, 0.2) is 66.0 Å². The fourth-order valence-corrected chi connectivity index (χ4v) is 4.95. The molecule has 0 aliphatic heterocycles. The van der Waals surface area contributed by atoms with Crippen LogP contribution in [0.3, 0.4) is 0 Å². The van der Waals surface area contributed by atoms with E-state index in [2.05, 4.69) is 27.0 Å². The molecular formula is C31H30N6O6S. The predicted octanol–water partition coefficient (Wildman–Crippen LogP) is 4.65. The number of anilines is 2. The highest BCUT2D eigenvalue weighted by molar-refractivity contribution is 7.12. The lowest BCUT2D eigenvalue weighted by Crippen LogP contribution is -2.34. The van der Waals surface area contributed by atoms with Gasteiger partial charge in [-0.2, -0.15) is 5.26 Å². The summed E-state index contributed by atoms with van der Waals surface area (Å²) in [4.78, 5) is 44.0. The molecule has 2 aromatic carbocycles. The van der Waals surface area contributed by atoms with Crippen LogP contribution in [0.5, 0.6) is 5.75 Å². The summed E-state index contributed by atoms with van der Waals surface area (Å²) in [6.45, 7) is 0.0962. The molecule has 0 saturated carbocycles. The molecule has 12 nitrogen and oxygen atoms in total. The average molecular weight is 615 g/mol. The first kappa shape index (κ1) is 31.5. The molecule has 0 spiro atoms. The highest BCUT2D eigenvalue weighted by Crippen LogP contribution is 2.37. The van der Waals surface area contributed by atoms with Gasteiger partial charge in [0.15, 0.2) is 12.6 Å². The fourth-order valence-electron chi connectivity index (χ4n) is 4.33. The van der Waals surface area contributed by atoms with Gasteiger partial charge in [-0.25, -0.2) is 9.78 Å². The number of carboxylic acid groups (broad SMARTS) is 1. The van der Waals surface area contributed by atoms with Crippen molar-refractivity contribution < 1.29 is 29.0 Å². The minimum Gasteiger partial charge on any atom is -0.467 e. The summed E-state index contributed by atoms with van der Waals surface area (Å²) in [6, 6.07) is 19.6. The molecule has 0 unspecified atom stereocenters. The number of hydrogen-bond acceptors (Lipinski definition) is 9. The Balaban J connectivity index is 1.86. The second-order valence-electron chi connectivity index (χ2n) is 9.48. The number of amides is 3. The van der Waals surface area contributed by atoms with Gasteiger partial charge in [0, 0.05) is 51.1 Å². The van der Waals surface area contributed by atoms with Crippen LogP contribution < -0.4 is 25.6 Å². The lowest BCUT2D eigenvalue weighted by Gasteiger charge is -2.20. The molecule has 2 aromatic heterocycles. The summed E-state index contributed by atoms with van der Waals surface area (Å²) in [5.74, 6) is -0.331. The Morgan fingerprint density at radius 3 is 2.45 bits per heavy atom. The summed E-state index contributed by atoms with van der Waals surface area (Å²) in [6.07, 6.45) is -1.19. The van der Waals surface area contributed by atoms with Crippen LogP contribution in [0.1, 0.15) is 25.6 Å². The predicted molar refractivity (Wildman–Crippen MR) is 167 cm³/mol. The van der Waals surface area contributed by atoms with Crippen molar-refractivity contribution in [1.29, 1.82) is 5.26 Å². The molecule has 0 fully saturated rings. The van der Waals surface area contributed by atoms with Crippen LogP contribution in [-0.2, 0) is 4.74 Å². The number of nitrogens with zero attached hydrogens (tertiary/aromatic N) is 3. The number of carbonyl (C=O) groups is 3. The van der Waals surface area contributed by atoms with Crippen molar-refractivity contribution in [1.82, 2.24) is 15.6 Å². The Hall–Kier alpha value is -5.45. The molecule has 4 rings (SSSR count). The van der Waals surface area contributed by atoms with Crippen molar-refractivity contribution in [2.45, 2.75) is 0 Å². The number of pyridine rings is 1. The normalized spacial score (nSPS) is 10.4. The van der Waals surface area contributed by atoms with Crippen LogP contribution in [-0.4, -0.2) is 69.1 Å². The van der Waals surface area contributed by atoms with E-state index >= 15 is 0 Å². The SMILES string of the molecule is COCOc1ccccc1-c1cc(-c2ccc(N(C)C)c(C(=O)NCCNC(=O)O)c2)c(C#N)c(NC(=O)c2cccs2)n1. The third-order valence-electron chi connectivity index (χ3n) is 6.32. The highest BCUT2D eigenvalue weighted by atomic mass is 32.1. The topological polar surface area (TPSA) is 166 Å². The van der Waals surface area contributed by atoms with Crippen molar-refractivity contribution in [2.75, 3.05) is 51.3 Å². The maximum absolute atomic E-state index is 13.3. The summed E-state index contributed by atoms with van der Waals surface area (Å²) in [5.41, 5.74) is 2.96. The minimum atomic E-state index is -1.19. The van der Waals surface area contributed by atoms with E-state index in [1.165, 1.54) is 18.4 Å². The Labute approximate surface area is 257 Å². The van der Waals surface area contributed by atoms with E-state index in [4.69, 9.17) is 14.6 Å². The fraction of sp³-hybridized carbons (Fsp3) is 0.194. The van der Waals surface area contributed by atoms with Crippen LogP contribution in [0, 0.1) is 11.3 Å². The molecule has 226 valence electrons. The number of carbonyl (C=O) groups excluding carboxylic acids is 2. The van der Waals surface area contributed by atoms with Gasteiger partial charge in [0.25, 0.3) is 11.8 Å². The van der Waals surface area contributed by atoms with Gasteiger partial charge in [-0.3, -0.25) is 9.59 Å². The second kappa shape index (κ2) is 14.6. The van der Waals surface area contributed by atoms with Gasteiger partial charge in [-0.05, 0) is 47.3 Å². The van der Waals surface area contributed by atoms with E-state index in [0.717, 1.165) is 0 Å². The van der Waals surface area contributed by atoms with Gasteiger partial charge in [-0.1, -0.05) is 24.3 Å². The van der Waals surface area contributed by atoms with E-state index in [1.807, 2.05) is 6.07 Å². The molecule has 0 aliphatic carbocycles. The monoisotopic (exact) mass is 614 g/mol. The average Bonchev–Trinajstić information content (AvgIpc) is 3.57. The zero-order valence-corrected chi connectivity index (χ0v) is 25.0. The molecule has 0 radical (unpaired) electrons. The molecule has 3 amide bonds. The van der Waals surface area contributed by atoms with E-state index in [-0.39, 0.29) is 31.3 Å². The Morgan fingerprint density at radius 2 is 1.77 bits per heavy atom. The number of methoxy groups -OCH3 is 1. The largest absolute Gasteiger partial charge is 0.467 e. The van der Waals surface area contributed by atoms with Crippen LogP contribution >= 0.6 is 11.3 Å². The molecule has 44 heavy (non-hydrogen) atoms. The second-order valence-corrected chi connectivity index (χ2v) is 10.4. The maximum atomic E-state index is 13.3. The zero-order valence-electron chi connectivity index (χ0n) is 24.2. The smallest absolute Gasteiger partial charge is 0.404 e. The van der Waals surface area contributed by atoms with Gasteiger partial charge in [0.05, 0.1) is 16.1 Å². The summed E-state index contributed by atoms with van der Waals surface area (Å²) >= 11 is 1.25. The van der Waals surface area contributed by atoms with Crippen LogP contribution in [0.25, 0.3) is 22.4 Å². The first-order chi connectivity index (χ1) is 21.2. The highest BCUT2D eigenvalue weighted by Gasteiger charge is 2.22. The maximum Gasteiger partial charge on any atom is 0.404 e. The van der Waals surface area contributed by atoms with Gasteiger partial charge in [-0.15, -0.1) is 11.3 Å². The molecule has 13 heteroatoms. The molecule has 0 atom stereocenters. The van der Waals surface area contributed by atoms with Gasteiger partial charge < -0.3 is 35.4 Å². The van der Waals surface area contributed by atoms with E-state index in [1.54, 1.807) is 79.0 Å². The summed E-state index contributed by atoms with van der Waals surface area (Å²) < 4.78 is 10.8. The quantitative estimate of drug-likeness (QED) is 0.131. The number of benzene rings is 2. The summed E-state index contributed by atoms with van der Waals surface area (Å²) in [5, 5.41) is 28.6. The minimum absolute atomic E-state index is 0.00538. The van der Waals surface area contributed by atoms with E-state index < -0.39 is 17.9 Å². The number of thiophene rings is 1. The number of nitrogens with one attached hydrogen (secondary N) is 3. The number of rotatable bonds is 12. The van der Waals surface area contributed by atoms with Crippen molar-refractivity contribution in [3.8, 4) is 34.2 Å². The number of para-hydroxylation sites is 1.